The molecule has 0 N–H and O–H groups in total. The van der Waals surface area contributed by atoms with Crippen molar-refractivity contribution in [1.29, 1.82) is 0 Å². The first-order chi connectivity index (χ1) is 21.5. The fraction of sp³-hybridized carbons (Fsp3) is 0.515. The average Bonchev–Trinajstić information content (AvgIpc) is 2.98. The SMILES string of the molecule is CC[C@H](c1cc(C(F)(F)F)cc(C(F)(F)F)c1)N(C)C(=O)N1CCC(C/C=C(\OC)C(=O)OC)C[C@@H]1C1/C=C/C=C(F)\C=C(\C)C1. The van der Waals surface area contributed by atoms with E-state index in [1.165, 1.54) is 38.3 Å². The van der Waals surface area contributed by atoms with Crippen molar-refractivity contribution in [2.24, 2.45) is 11.8 Å². The summed E-state index contributed by atoms with van der Waals surface area (Å²) in [5, 5.41) is 0. The van der Waals surface area contributed by atoms with Gasteiger partial charge in [-0.05, 0) is 86.9 Å². The Morgan fingerprint density at radius 2 is 1.70 bits per heavy atom. The van der Waals surface area contributed by atoms with Crippen molar-refractivity contribution in [2.75, 3.05) is 27.8 Å². The average molecular weight is 661 g/mol. The molecule has 0 radical (unpaired) electrons. The fourth-order valence-electron chi connectivity index (χ4n) is 6.13. The summed E-state index contributed by atoms with van der Waals surface area (Å²) in [5.74, 6) is -1.32. The third-order valence-electron chi connectivity index (χ3n) is 8.44. The normalized spacial score (nSPS) is 24.8. The second-order valence-electron chi connectivity index (χ2n) is 11.6. The maximum Gasteiger partial charge on any atom is 0.416 e. The predicted molar refractivity (Wildman–Crippen MR) is 158 cm³/mol. The number of hydrogen-bond acceptors (Lipinski definition) is 4. The highest BCUT2D eigenvalue weighted by Gasteiger charge is 2.40. The number of ether oxygens (including phenoxy) is 2. The van der Waals surface area contributed by atoms with Crippen molar-refractivity contribution in [3.05, 3.63) is 82.4 Å². The summed E-state index contributed by atoms with van der Waals surface area (Å²) in [7, 11) is 3.94. The quantitative estimate of drug-likeness (QED) is 0.121. The Morgan fingerprint density at radius 1 is 1.07 bits per heavy atom. The molecule has 46 heavy (non-hydrogen) atoms. The first-order valence-corrected chi connectivity index (χ1v) is 14.9. The molecule has 3 rings (SSSR count). The summed E-state index contributed by atoms with van der Waals surface area (Å²) >= 11 is 0. The van der Waals surface area contributed by atoms with Crippen LogP contribution in [0.4, 0.5) is 35.5 Å². The molecule has 13 heteroatoms. The van der Waals surface area contributed by atoms with E-state index in [0.717, 1.165) is 5.57 Å². The number of methoxy groups -OCH3 is 2. The van der Waals surface area contributed by atoms with Crippen LogP contribution in [0.5, 0.6) is 0 Å². The van der Waals surface area contributed by atoms with E-state index in [-0.39, 0.29) is 42.2 Å². The van der Waals surface area contributed by atoms with Gasteiger partial charge in [0.1, 0.15) is 5.83 Å². The highest BCUT2D eigenvalue weighted by molar-refractivity contribution is 5.86. The van der Waals surface area contributed by atoms with Crippen LogP contribution < -0.4 is 0 Å². The molecule has 0 aromatic heterocycles. The largest absolute Gasteiger partial charge is 0.490 e. The summed E-state index contributed by atoms with van der Waals surface area (Å²) < 4.78 is 106. The summed E-state index contributed by atoms with van der Waals surface area (Å²) in [6.07, 6.45) is -0.527. The van der Waals surface area contributed by atoms with Gasteiger partial charge in [-0.25, -0.2) is 14.0 Å². The summed E-state index contributed by atoms with van der Waals surface area (Å²) in [6.45, 7) is 3.58. The first kappa shape index (κ1) is 36.7. The predicted octanol–water partition coefficient (Wildman–Crippen LogP) is 8.78. The fourth-order valence-corrected chi connectivity index (χ4v) is 6.13. The van der Waals surface area contributed by atoms with Crippen molar-refractivity contribution in [1.82, 2.24) is 9.80 Å². The zero-order valence-electron chi connectivity index (χ0n) is 26.3. The molecule has 6 nitrogen and oxygen atoms in total. The van der Waals surface area contributed by atoms with Gasteiger partial charge in [-0.1, -0.05) is 24.6 Å². The number of nitrogens with zero attached hydrogens (tertiary/aromatic N) is 2. The van der Waals surface area contributed by atoms with Gasteiger partial charge in [0.05, 0.1) is 31.4 Å². The molecule has 1 saturated heterocycles. The maximum absolute atomic E-state index is 14.1. The number of urea groups is 1. The van der Waals surface area contributed by atoms with Gasteiger partial charge in [-0.3, -0.25) is 0 Å². The third kappa shape index (κ3) is 9.16. The minimum absolute atomic E-state index is 0.00986. The van der Waals surface area contributed by atoms with E-state index >= 15 is 0 Å². The zero-order chi connectivity index (χ0) is 34.4. The van der Waals surface area contributed by atoms with Gasteiger partial charge in [0, 0.05) is 25.6 Å². The van der Waals surface area contributed by atoms with E-state index in [4.69, 9.17) is 9.47 Å². The lowest BCUT2D eigenvalue weighted by Gasteiger charge is -2.45. The van der Waals surface area contributed by atoms with E-state index in [1.807, 2.05) is 0 Å². The molecule has 254 valence electrons. The molecule has 1 aromatic carbocycles. The molecule has 1 aliphatic carbocycles. The second kappa shape index (κ2) is 15.2. The Labute approximate surface area is 264 Å². The lowest BCUT2D eigenvalue weighted by atomic mass is 9.79. The van der Waals surface area contributed by atoms with E-state index < -0.39 is 53.4 Å². The first-order valence-electron chi connectivity index (χ1n) is 14.9. The second-order valence-corrected chi connectivity index (χ2v) is 11.6. The minimum Gasteiger partial charge on any atom is -0.490 e. The summed E-state index contributed by atoms with van der Waals surface area (Å²) in [4.78, 5) is 28.9. The number of hydrogen-bond donors (Lipinski definition) is 0. The number of alkyl halides is 6. The lowest BCUT2D eigenvalue weighted by molar-refractivity contribution is -0.143. The van der Waals surface area contributed by atoms with Crippen LogP contribution in [-0.4, -0.2) is 55.7 Å². The van der Waals surface area contributed by atoms with Crippen LogP contribution in [0.2, 0.25) is 0 Å². The van der Waals surface area contributed by atoms with Crippen molar-refractivity contribution >= 4 is 12.0 Å². The molecule has 0 bridgehead atoms. The number of carbonyl (C=O) groups excluding carboxylic acids is 2. The van der Waals surface area contributed by atoms with Gasteiger partial charge in [-0.15, -0.1) is 0 Å². The molecule has 1 heterocycles. The number of esters is 1. The molecule has 0 spiro atoms. The molecule has 4 atom stereocenters. The van der Waals surface area contributed by atoms with Crippen LogP contribution in [0.1, 0.15) is 68.7 Å². The number of halogens is 7. The standard InChI is InChI=1S/C33H39F7N2O4/c1-6-27(23-17-24(32(35,36)37)19-25(18-23)33(38,39)40)41(3)31(44)42-13-12-21(10-11-29(45-4)30(43)46-5)16-28(42)22-8-7-9-26(34)15-20(2)14-22/h7-9,11,15,17-19,21-22,27-28H,6,10,12-14,16H2,1-5H3/b8-7+,20-15-,26-9+,29-11-/t21?,22?,27-,28-/m1/s1. The molecular formula is C33H39F7N2O4. The highest BCUT2D eigenvalue weighted by atomic mass is 19.4. The van der Waals surface area contributed by atoms with E-state index in [9.17, 15) is 40.3 Å². The Hall–Kier alpha value is -3.77. The van der Waals surface area contributed by atoms with Crippen LogP contribution in [0.25, 0.3) is 0 Å². The molecule has 2 unspecified atom stereocenters. The van der Waals surface area contributed by atoms with E-state index in [0.29, 0.717) is 37.8 Å². The topological polar surface area (TPSA) is 59.1 Å². The number of piperidine rings is 1. The van der Waals surface area contributed by atoms with Crippen LogP contribution >= 0.6 is 0 Å². The van der Waals surface area contributed by atoms with Crippen molar-refractivity contribution in [2.45, 2.75) is 70.4 Å². The number of amides is 2. The Kier molecular flexibility index (Phi) is 12.1. The summed E-state index contributed by atoms with van der Waals surface area (Å²) in [5.41, 5.74) is -2.45. The Bertz CT molecular complexity index is 1350. The van der Waals surface area contributed by atoms with Crippen LogP contribution in [0, 0.1) is 11.8 Å². The van der Waals surface area contributed by atoms with Gasteiger partial charge in [0.2, 0.25) is 0 Å². The third-order valence-corrected chi connectivity index (χ3v) is 8.44. The molecule has 1 aromatic rings. The molecular weight excluding hydrogens is 621 g/mol. The van der Waals surface area contributed by atoms with Gasteiger partial charge in [0.15, 0.2) is 5.76 Å². The Balaban J connectivity index is 1.99. The molecule has 2 amide bonds. The van der Waals surface area contributed by atoms with Crippen LogP contribution in [-0.2, 0) is 26.6 Å². The van der Waals surface area contributed by atoms with Crippen molar-refractivity contribution < 1.29 is 49.8 Å². The smallest absolute Gasteiger partial charge is 0.416 e. The highest BCUT2D eigenvalue weighted by Crippen LogP contribution is 2.40. The Morgan fingerprint density at radius 3 is 2.24 bits per heavy atom. The van der Waals surface area contributed by atoms with Crippen molar-refractivity contribution in [3.63, 3.8) is 0 Å². The van der Waals surface area contributed by atoms with Crippen molar-refractivity contribution in [3.8, 4) is 0 Å². The van der Waals surface area contributed by atoms with Crippen LogP contribution in [0.15, 0.2) is 65.7 Å². The zero-order valence-corrected chi connectivity index (χ0v) is 26.3. The number of allylic oxidation sites excluding steroid dienone is 6. The molecule has 1 aliphatic heterocycles. The van der Waals surface area contributed by atoms with E-state index in [1.54, 1.807) is 37.0 Å². The number of benzene rings is 1. The summed E-state index contributed by atoms with van der Waals surface area (Å²) in [6, 6.07) is -0.716. The van der Waals surface area contributed by atoms with Gasteiger partial charge in [0.25, 0.3) is 0 Å². The monoisotopic (exact) mass is 660 g/mol. The molecule has 0 saturated carbocycles. The van der Waals surface area contributed by atoms with Gasteiger partial charge < -0.3 is 19.3 Å². The van der Waals surface area contributed by atoms with Gasteiger partial charge in [-0.2, -0.15) is 26.3 Å². The molecule has 1 fully saturated rings. The lowest BCUT2D eigenvalue weighted by Crippen LogP contribution is -2.53. The number of rotatable bonds is 8. The number of carbonyl (C=O) groups is 2. The molecule has 2 aliphatic rings. The maximum atomic E-state index is 14.1. The minimum atomic E-state index is -5.03. The number of likely N-dealkylation sites (tertiary alicyclic amines) is 1. The van der Waals surface area contributed by atoms with E-state index in [2.05, 4.69) is 0 Å². The van der Waals surface area contributed by atoms with Gasteiger partial charge >= 0.3 is 24.4 Å². The van der Waals surface area contributed by atoms with Crippen LogP contribution in [0.3, 0.4) is 0 Å².